The van der Waals surface area contributed by atoms with Crippen molar-refractivity contribution in [2.75, 3.05) is 18.6 Å². The Hall–Kier alpha value is -4.26. The van der Waals surface area contributed by atoms with Crippen LogP contribution < -0.4 is 14.4 Å². The number of methoxy groups -OCH3 is 1. The van der Waals surface area contributed by atoms with E-state index in [1.807, 2.05) is 6.92 Å². The molecule has 1 saturated heterocycles. The first kappa shape index (κ1) is 22.9. The van der Waals surface area contributed by atoms with E-state index in [9.17, 15) is 19.8 Å². The van der Waals surface area contributed by atoms with E-state index in [0.29, 0.717) is 34.9 Å². The summed E-state index contributed by atoms with van der Waals surface area (Å²) in [6, 6.07) is 18.8. The lowest BCUT2D eigenvalue weighted by Gasteiger charge is -2.25. The highest BCUT2D eigenvalue weighted by atomic mass is 16.5. The van der Waals surface area contributed by atoms with Crippen molar-refractivity contribution in [3.05, 3.63) is 89.5 Å². The van der Waals surface area contributed by atoms with Crippen molar-refractivity contribution in [2.24, 2.45) is 0 Å². The van der Waals surface area contributed by atoms with Crippen molar-refractivity contribution in [3.8, 4) is 17.2 Å². The molecule has 1 fully saturated rings. The third-order valence-corrected chi connectivity index (χ3v) is 5.59. The van der Waals surface area contributed by atoms with E-state index >= 15 is 0 Å². The molecule has 3 aromatic carbocycles. The second-order valence-corrected chi connectivity index (χ2v) is 7.83. The zero-order valence-electron chi connectivity index (χ0n) is 18.9. The van der Waals surface area contributed by atoms with Crippen LogP contribution in [-0.2, 0) is 9.59 Å². The van der Waals surface area contributed by atoms with E-state index in [4.69, 9.17) is 9.47 Å². The van der Waals surface area contributed by atoms with Gasteiger partial charge in [-0.2, -0.15) is 0 Å². The maximum atomic E-state index is 13.2. The number of aliphatic hydroxyl groups is 1. The van der Waals surface area contributed by atoms with Gasteiger partial charge in [0.15, 0.2) is 0 Å². The van der Waals surface area contributed by atoms with Gasteiger partial charge in [0.25, 0.3) is 11.7 Å². The smallest absolute Gasteiger partial charge is 0.300 e. The number of hydrogen-bond donors (Lipinski definition) is 2. The maximum absolute atomic E-state index is 13.2. The summed E-state index contributed by atoms with van der Waals surface area (Å²) in [7, 11) is 1.51. The minimum absolute atomic E-state index is 0.0410. The first-order valence-corrected chi connectivity index (χ1v) is 10.9. The van der Waals surface area contributed by atoms with Crippen LogP contribution >= 0.6 is 0 Å². The van der Waals surface area contributed by atoms with E-state index in [1.165, 1.54) is 24.1 Å². The summed E-state index contributed by atoms with van der Waals surface area (Å²) in [5.74, 6) is -0.647. The Balaban J connectivity index is 1.85. The van der Waals surface area contributed by atoms with Crippen LogP contribution in [0.15, 0.2) is 78.4 Å². The van der Waals surface area contributed by atoms with Gasteiger partial charge in [-0.25, -0.2) is 0 Å². The summed E-state index contributed by atoms with van der Waals surface area (Å²) in [4.78, 5) is 27.7. The molecule has 0 radical (unpaired) electrons. The molecule has 0 aliphatic carbocycles. The van der Waals surface area contributed by atoms with Gasteiger partial charge in [-0.3, -0.25) is 14.5 Å². The highest BCUT2D eigenvalue weighted by molar-refractivity contribution is 6.51. The maximum Gasteiger partial charge on any atom is 0.300 e. The number of aliphatic hydroxyl groups excluding tert-OH is 1. The molecular weight excluding hydrogens is 434 g/mol. The van der Waals surface area contributed by atoms with E-state index < -0.39 is 17.7 Å². The molecule has 1 amide bonds. The summed E-state index contributed by atoms with van der Waals surface area (Å²) in [5.41, 5.74) is 1.35. The third kappa shape index (κ3) is 4.32. The standard InChI is InChI=1S/C27H25NO6/c1-3-15-34-21-13-9-18(10-14-21)25(30)23-24(17-7-11-20(29)12-8-17)28(27(32)26(23)31)19-5-4-6-22(16-19)33-2/h4-14,16,24,29-30H,3,15H2,1-2H3/b25-23+. The summed E-state index contributed by atoms with van der Waals surface area (Å²) in [6.07, 6.45) is 0.863. The van der Waals surface area contributed by atoms with Gasteiger partial charge in [0, 0.05) is 17.3 Å². The Kier molecular flexibility index (Phi) is 6.54. The van der Waals surface area contributed by atoms with Crippen LogP contribution in [0, 0.1) is 0 Å². The Morgan fingerprint density at radius 1 is 0.971 bits per heavy atom. The lowest BCUT2D eigenvalue weighted by molar-refractivity contribution is -0.132. The number of anilines is 1. The van der Waals surface area contributed by atoms with Crippen molar-refractivity contribution in [3.63, 3.8) is 0 Å². The average Bonchev–Trinajstić information content (AvgIpc) is 3.13. The number of phenolic OH excluding ortho intramolecular Hbond substituents is 1. The molecule has 34 heavy (non-hydrogen) atoms. The van der Waals surface area contributed by atoms with Crippen molar-refractivity contribution in [1.82, 2.24) is 0 Å². The number of nitrogens with zero attached hydrogens (tertiary/aromatic N) is 1. The van der Waals surface area contributed by atoms with Gasteiger partial charge < -0.3 is 19.7 Å². The molecule has 0 saturated carbocycles. The van der Waals surface area contributed by atoms with E-state index in [-0.39, 0.29) is 17.1 Å². The average molecular weight is 459 g/mol. The second-order valence-electron chi connectivity index (χ2n) is 7.83. The molecule has 0 aromatic heterocycles. The molecule has 174 valence electrons. The number of carbonyl (C=O) groups excluding carboxylic acids is 2. The van der Waals surface area contributed by atoms with Crippen LogP contribution in [0.3, 0.4) is 0 Å². The van der Waals surface area contributed by atoms with Gasteiger partial charge >= 0.3 is 0 Å². The van der Waals surface area contributed by atoms with Crippen molar-refractivity contribution in [1.29, 1.82) is 0 Å². The van der Waals surface area contributed by atoms with Crippen LogP contribution in [0.25, 0.3) is 5.76 Å². The number of ketones is 1. The van der Waals surface area contributed by atoms with Crippen LogP contribution in [0.1, 0.15) is 30.5 Å². The fourth-order valence-electron chi connectivity index (χ4n) is 3.92. The van der Waals surface area contributed by atoms with E-state index in [0.717, 1.165) is 6.42 Å². The first-order chi connectivity index (χ1) is 16.4. The topological polar surface area (TPSA) is 96.3 Å². The minimum atomic E-state index is -0.899. The van der Waals surface area contributed by atoms with Gasteiger partial charge in [-0.1, -0.05) is 25.1 Å². The van der Waals surface area contributed by atoms with Crippen molar-refractivity contribution >= 4 is 23.1 Å². The molecule has 7 heteroatoms. The fraction of sp³-hybridized carbons (Fsp3) is 0.185. The van der Waals surface area contributed by atoms with Crippen LogP contribution in [0.4, 0.5) is 5.69 Å². The Bertz CT molecular complexity index is 1230. The molecule has 1 aliphatic rings. The molecule has 1 aliphatic heterocycles. The fourth-order valence-corrected chi connectivity index (χ4v) is 3.92. The highest BCUT2D eigenvalue weighted by Crippen LogP contribution is 2.43. The monoisotopic (exact) mass is 459 g/mol. The molecule has 1 atom stereocenters. The molecule has 1 unspecified atom stereocenters. The number of benzene rings is 3. The van der Waals surface area contributed by atoms with E-state index in [1.54, 1.807) is 60.7 Å². The normalized spacial score (nSPS) is 17.1. The Morgan fingerprint density at radius 2 is 1.68 bits per heavy atom. The predicted molar refractivity (Wildman–Crippen MR) is 128 cm³/mol. The number of carbonyl (C=O) groups is 2. The second kappa shape index (κ2) is 9.70. The van der Waals surface area contributed by atoms with Crippen molar-refractivity contribution in [2.45, 2.75) is 19.4 Å². The lowest BCUT2D eigenvalue weighted by atomic mass is 9.95. The summed E-state index contributed by atoms with van der Waals surface area (Å²) < 4.78 is 10.9. The zero-order valence-corrected chi connectivity index (χ0v) is 18.9. The molecule has 4 rings (SSSR count). The van der Waals surface area contributed by atoms with Crippen LogP contribution in [0.2, 0.25) is 0 Å². The van der Waals surface area contributed by atoms with Crippen LogP contribution in [-0.4, -0.2) is 35.6 Å². The number of aromatic hydroxyl groups is 1. The first-order valence-electron chi connectivity index (χ1n) is 10.9. The van der Waals surface area contributed by atoms with Gasteiger partial charge in [-0.05, 0) is 60.5 Å². The third-order valence-electron chi connectivity index (χ3n) is 5.59. The predicted octanol–water partition coefficient (Wildman–Crippen LogP) is 4.82. The number of phenols is 1. The molecule has 0 bridgehead atoms. The van der Waals surface area contributed by atoms with Gasteiger partial charge in [0.2, 0.25) is 0 Å². The Labute approximate surface area is 197 Å². The SMILES string of the molecule is CCCOc1ccc(/C(O)=C2\C(=O)C(=O)N(c3cccc(OC)c3)C2c2ccc(O)cc2)cc1. The number of amides is 1. The zero-order chi connectivity index (χ0) is 24.2. The summed E-state index contributed by atoms with van der Waals surface area (Å²) >= 11 is 0. The van der Waals surface area contributed by atoms with Crippen molar-refractivity contribution < 1.29 is 29.3 Å². The quantitative estimate of drug-likeness (QED) is 0.299. The Morgan fingerprint density at radius 3 is 2.32 bits per heavy atom. The minimum Gasteiger partial charge on any atom is -0.508 e. The van der Waals surface area contributed by atoms with Crippen LogP contribution in [0.5, 0.6) is 17.2 Å². The molecular formula is C27H25NO6. The summed E-state index contributed by atoms with van der Waals surface area (Å²) in [6.45, 7) is 2.57. The largest absolute Gasteiger partial charge is 0.508 e. The number of Topliss-reactive ketones (excluding diaryl/α,β-unsaturated/α-hetero) is 1. The van der Waals surface area contributed by atoms with Gasteiger partial charge in [0.05, 0.1) is 25.3 Å². The number of hydrogen-bond acceptors (Lipinski definition) is 6. The summed E-state index contributed by atoms with van der Waals surface area (Å²) in [5, 5.41) is 21.0. The molecule has 1 heterocycles. The molecule has 2 N–H and O–H groups in total. The van der Waals surface area contributed by atoms with Gasteiger partial charge in [-0.15, -0.1) is 0 Å². The van der Waals surface area contributed by atoms with E-state index in [2.05, 4.69) is 0 Å². The highest BCUT2D eigenvalue weighted by Gasteiger charge is 2.47. The lowest BCUT2D eigenvalue weighted by Crippen LogP contribution is -2.29. The molecule has 7 nitrogen and oxygen atoms in total. The molecule has 3 aromatic rings. The van der Waals surface area contributed by atoms with Gasteiger partial charge in [0.1, 0.15) is 23.0 Å². The number of ether oxygens (including phenoxy) is 2. The number of rotatable bonds is 7. The molecule has 0 spiro atoms.